The standard InChI is InChI=1S/C22H25N3O2S/c1-16-22(2,25-21(27)24-15-18-11-7-4-8-12-18)13-19(28-16)20(26)23-14-17-9-5-3-6-10-17/h3-13,16H,14-15H2,1-2H3,(H,23,26)(H2,24,25,27). The van der Waals surface area contributed by atoms with Crippen molar-refractivity contribution in [3.05, 3.63) is 82.8 Å². The Kier molecular flexibility index (Phi) is 6.41. The molecule has 1 aliphatic heterocycles. The molecule has 28 heavy (non-hydrogen) atoms. The summed E-state index contributed by atoms with van der Waals surface area (Å²) in [6.07, 6.45) is 1.85. The van der Waals surface area contributed by atoms with Crippen molar-refractivity contribution in [3.8, 4) is 0 Å². The molecule has 2 aromatic rings. The van der Waals surface area contributed by atoms with Crippen LogP contribution in [-0.2, 0) is 17.9 Å². The quantitative estimate of drug-likeness (QED) is 0.700. The van der Waals surface area contributed by atoms with Gasteiger partial charge in [-0.2, -0.15) is 0 Å². The van der Waals surface area contributed by atoms with Crippen LogP contribution >= 0.6 is 11.8 Å². The predicted molar refractivity (Wildman–Crippen MR) is 114 cm³/mol. The molecule has 0 aromatic heterocycles. The van der Waals surface area contributed by atoms with E-state index in [1.807, 2.05) is 80.6 Å². The van der Waals surface area contributed by atoms with E-state index in [4.69, 9.17) is 0 Å². The Morgan fingerprint density at radius 2 is 1.46 bits per heavy atom. The molecule has 0 saturated heterocycles. The van der Waals surface area contributed by atoms with Gasteiger partial charge < -0.3 is 16.0 Å². The molecule has 0 radical (unpaired) electrons. The van der Waals surface area contributed by atoms with Crippen LogP contribution in [0.5, 0.6) is 0 Å². The van der Waals surface area contributed by atoms with E-state index in [-0.39, 0.29) is 17.2 Å². The molecule has 3 N–H and O–H groups in total. The van der Waals surface area contributed by atoms with E-state index in [0.29, 0.717) is 18.0 Å². The molecule has 2 atom stereocenters. The number of hydrogen-bond donors (Lipinski definition) is 3. The molecular formula is C22H25N3O2S. The number of carbonyl (C=O) groups excluding carboxylic acids is 2. The summed E-state index contributed by atoms with van der Waals surface area (Å²) in [5.74, 6) is -0.115. The molecule has 0 aliphatic carbocycles. The second-order valence-electron chi connectivity index (χ2n) is 7.01. The summed E-state index contributed by atoms with van der Waals surface area (Å²) >= 11 is 1.48. The lowest BCUT2D eigenvalue weighted by Crippen LogP contribution is -2.52. The number of rotatable bonds is 6. The minimum absolute atomic E-state index is 0.0486. The summed E-state index contributed by atoms with van der Waals surface area (Å²) in [6, 6.07) is 19.3. The van der Waals surface area contributed by atoms with Crippen LogP contribution in [0.1, 0.15) is 25.0 Å². The van der Waals surface area contributed by atoms with Crippen molar-refractivity contribution in [1.29, 1.82) is 0 Å². The van der Waals surface area contributed by atoms with E-state index in [1.165, 1.54) is 11.8 Å². The number of amides is 3. The lowest BCUT2D eigenvalue weighted by Gasteiger charge is -2.28. The van der Waals surface area contributed by atoms with E-state index in [9.17, 15) is 9.59 Å². The van der Waals surface area contributed by atoms with Gasteiger partial charge in [-0.1, -0.05) is 67.6 Å². The molecule has 0 fully saturated rings. The van der Waals surface area contributed by atoms with Crippen LogP contribution < -0.4 is 16.0 Å². The highest BCUT2D eigenvalue weighted by atomic mass is 32.2. The highest BCUT2D eigenvalue weighted by Crippen LogP contribution is 2.39. The van der Waals surface area contributed by atoms with Gasteiger partial charge in [0.15, 0.2) is 0 Å². The van der Waals surface area contributed by atoms with Crippen LogP contribution in [0.4, 0.5) is 4.79 Å². The van der Waals surface area contributed by atoms with Gasteiger partial charge in [-0.25, -0.2) is 4.79 Å². The first kappa shape index (κ1) is 20.0. The fourth-order valence-electron chi connectivity index (χ4n) is 2.93. The Morgan fingerprint density at radius 1 is 0.929 bits per heavy atom. The van der Waals surface area contributed by atoms with Crippen LogP contribution in [0.15, 0.2) is 71.6 Å². The fraction of sp³-hybridized carbons (Fsp3) is 0.273. The van der Waals surface area contributed by atoms with Gasteiger partial charge >= 0.3 is 6.03 Å². The maximum atomic E-state index is 12.5. The SMILES string of the molecule is CC1SC(C(=O)NCc2ccccc2)=CC1(C)NC(=O)NCc1ccccc1. The zero-order valence-electron chi connectivity index (χ0n) is 16.1. The first-order chi connectivity index (χ1) is 13.5. The molecule has 3 amide bonds. The van der Waals surface area contributed by atoms with Gasteiger partial charge in [0.2, 0.25) is 0 Å². The lowest BCUT2D eigenvalue weighted by molar-refractivity contribution is -0.117. The first-order valence-corrected chi connectivity index (χ1v) is 10.2. The Hall–Kier alpha value is -2.73. The lowest BCUT2D eigenvalue weighted by atomic mass is 9.98. The summed E-state index contributed by atoms with van der Waals surface area (Å²) in [7, 11) is 0. The van der Waals surface area contributed by atoms with Gasteiger partial charge in [-0.3, -0.25) is 4.79 Å². The van der Waals surface area contributed by atoms with Crippen LogP contribution in [0, 0.1) is 0 Å². The van der Waals surface area contributed by atoms with Crippen molar-refractivity contribution in [2.75, 3.05) is 0 Å². The number of nitrogens with one attached hydrogen (secondary N) is 3. The Morgan fingerprint density at radius 3 is 2.04 bits per heavy atom. The second-order valence-corrected chi connectivity index (χ2v) is 8.40. The minimum Gasteiger partial charge on any atom is -0.348 e. The molecular weight excluding hydrogens is 370 g/mol. The molecule has 6 heteroatoms. The average Bonchev–Trinajstić information content (AvgIpc) is 3.00. The van der Waals surface area contributed by atoms with Gasteiger partial charge in [-0.05, 0) is 24.1 Å². The highest BCUT2D eigenvalue weighted by molar-refractivity contribution is 8.04. The Labute approximate surface area is 170 Å². The highest BCUT2D eigenvalue weighted by Gasteiger charge is 2.39. The van der Waals surface area contributed by atoms with Gasteiger partial charge in [0, 0.05) is 18.3 Å². The number of urea groups is 1. The molecule has 3 rings (SSSR count). The summed E-state index contributed by atoms with van der Waals surface area (Å²) < 4.78 is 0. The molecule has 5 nitrogen and oxygen atoms in total. The van der Waals surface area contributed by atoms with Crippen molar-refractivity contribution in [3.63, 3.8) is 0 Å². The molecule has 146 valence electrons. The largest absolute Gasteiger partial charge is 0.348 e. The van der Waals surface area contributed by atoms with Crippen molar-refractivity contribution in [2.45, 2.75) is 37.7 Å². The van der Waals surface area contributed by atoms with Gasteiger partial charge in [-0.15, -0.1) is 11.8 Å². The zero-order valence-corrected chi connectivity index (χ0v) is 16.9. The summed E-state index contributed by atoms with van der Waals surface area (Å²) in [5, 5.41) is 8.87. The Balaban J connectivity index is 1.55. The van der Waals surface area contributed by atoms with Crippen molar-refractivity contribution >= 4 is 23.7 Å². The molecule has 0 saturated carbocycles. The fourth-order valence-corrected chi connectivity index (χ4v) is 4.17. The van der Waals surface area contributed by atoms with E-state index in [0.717, 1.165) is 11.1 Å². The molecule has 2 unspecified atom stereocenters. The maximum absolute atomic E-state index is 12.5. The monoisotopic (exact) mass is 395 g/mol. The third-order valence-corrected chi connectivity index (χ3v) is 6.18. The predicted octanol–water partition coefficient (Wildman–Crippen LogP) is 3.58. The third-order valence-electron chi connectivity index (χ3n) is 4.78. The summed E-state index contributed by atoms with van der Waals surface area (Å²) in [5.41, 5.74) is 1.49. The number of hydrogen-bond acceptors (Lipinski definition) is 3. The molecule has 1 aliphatic rings. The molecule has 0 spiro atoms. The maximum Gasteiger partial charge on any atom is 0.315 e. The van der Waals surface area contributed by atoms with Crippen molar-refractivity contribution in [2.24, 2.45) is 0 Å². The molecule has 0 bridgehead atoms. The van der Waals surface area contributed by atoms with Gasteiger partial charge in [0.1, 0.15) is 0 Å². The number of thioether (sulfide) groups is 1. The Bertz CT molecular complexity index is 855. The van der Waals surface area contributed by atoms with E-state index in [1.54, 1.807) is 0 Å². The van der Waals surface area contributed by atoms with Crippen LogP contribution in [-0.4, -0.2) is 22.7 Å². The van der Waals surface area contributed by atoms with Crippen LogP contribution in [0.3, 0.4) is 0 Å². The smallest absolute Gasteiger partial charge is 0.315 e. The topological polar surface area (TPSA) is 70.2 Å². The zero-order chi connectivity index (χ0) is 20.0. The normalized spacial score (nSPS) is 20.9. The first-order valence-electron chi connectivity index (χ1n) is 9.28. The third kappa shape index (κ3) is 5.16. The van der Waals surface area contributed by atoms with Crippen LogP contribution in [0.2, 0.25) is 0 Å². The van der Waals surface area contributed by atoms with E-state index in [2.05, 4.69) is 16.0 Å². The van der Waals surface area contributed by atoms with Crippen molar-refractivity contribution < 1.29 is 9.59 Å². The van der Waals surface area contributed by atoms with E-state index < -0.39 is 5.54 Å². The van der Waals surface area contributed by atoms with Gasteiger partial charge in [0.05, 0.1) is 10.4 Å². The minimum atomic E-state index is -0.592. The summed E-state index contributed by atoms with van der Waals surface area (Å²) in [4.78, 5) is 25.5. The van der Waals surface area contributed by atoms with Crippen molar-refractivity contribution in [1.82, 2.24) is 16.0 Å². The number of carbonyl (C=O) groups is 2. The molecule has 1 heterocycles. The van der Waals surface area contributed by atoms with E-state index >= 15 is 0 Å². The van der Waals surface area contributed by atoms with Crippen LogP contribution in [0.25, 0.3) is 0 Å². The number of benzene rings is 2. The molecule has 2 aromatic carbocycles. The van der Waals surface area contributed by atoms with Gasteiger partial charge in [0.25, 0.3) is 5.91 Å². The summed E-state index contributed by atoms with van der Waals surface area (Å²) in [6.45, 7) is 4.88. The second kappa shape index (κ2) is 8.97. The average molecular weight is 396 g/mol.